The summed E-state index contributed by atoms with van der Waals surface area (Å²) in [4.78, 5) is 11.8. The molecule has 6 heteroatoms. The van der Waals surface area contributed by atoms with Gasteiger partial charge in [-0.25, -0.2) is 0 Å². The molecular weight excluding hydrogens is 312 g/mol. The van der Waals surface area contributed by atoms with Crippen LogP contribution in [0.5, 0.6) is 0 Å². The molecule has 0 saturated carbocycles. The van der Waals surface area contributed by atoms with Gasteiger partial charge in [-0.1, -0.05) is 29.8 Å². The van der Waals surface area contributed by atoms with Crippen molar-refractivity contribution in [2.75, 3.05) is 6.54 Å². The Morgan fingerprint density at radius 1 is 1.17 bits per heavy atom. The lowest BCUT2D eigenvalue weighted by molar-refractivity contribution is -0.116. The van der Waals surface area contributed by atoms with E-state index in [1.807, 2.05) is 40.9 Å². The molecule has 1 N–H and O–H groups in total. The van der Waals surface area contributed by atoms with Gasteiger partial charge in [-0.2, -0.15) is 0 Å². The standard InChI is InChI=1S/C17H15ClN4O/c18-14-7-4-13(5-8-14)6-9-17(23)19-11-10-16-21-20-15-3-1-2-12-22(15)16/h1-9,12H,10-11H2,(H,19,23)/b9-6+. The molecule has 0 aliphatic heterocycles. The number of halogens is 1. The summed E-state index contributed by atoms with van der Waals surface area (Å²) in [5, 5.41) is 11.7. The van der Waals surface area contributed by atoms with Crippen LogP contribution in [0.3, 0.4) is 0 Å². The summed E-state index contributed by atoms with van der Waals surface area (Å²) in [6.45, 7) is 0.499. The molecule has 0 bridgehead atoms. The summed E-state index contributed by atoms with van der Waals surface area (Å²) in [6.07, 6.45) is 5.78. The van der Waals surface area contributed by atoms with E-state index in [9.17, 15) is 4.79 Å². The van der Waals surface area contributed by atoms with E-state index in [2.05, 4.69) is 15.5 Å². The number of hydrogen-bond acceptors (Lipinski definition) is 3. The first-order valence-corrected chi connectivity index (χ1v) is 7.60. The van der Waals surface area contributed by atoms with Crippen molar-refractivity contribution in [1.82, 2.24) is 19.9 Å². The second kappa shape index (κ2) is 7.07. The zero-order valence-corrected chi connectivity index (χ0v) is 13.1. The van der Waals surface area contributed by atoms with Gasteiger partial charge < -0.3 is 5.32 Å². The van der Waals surface area contributed by atoms with Crippen molar-refractivity contribution in [3.05, 3.63) is 71.1 Å². The zero-order chi connectivity index (χ0) is 16.1. The molecule has 116 valence electrons. The van der Waals surface area contributed by atoms with Crippen LogP contribution in [0.4, 0.5) is 0 Å². The number of benzene rings is 1. The Balaban J connectivity index is 1.52. The third-order valence-electron chi connectivity index (χ3n) is 3.33. The second-order valence-electron chi connectivity index (χ2n) is 4.97. The molecule has 5 nitrogen and oxygen atoms in total. The number of aromatic nitrogens is 3. The third kappa shape index (κ3) is 3.96. The first kappa shape index (κ1) is 15.2. The van der Waals surface area contributed by atoms with E-state index in [4.69, 9.17) is 11.6 Å². The quantitative estimate of drug-likeness (QED) is 0.733. The molecule has 0 saturated heterocycles. The Kier molecular flexibility index (Phi) is 4.68. The molecule has 2 aromatic heterocycles. The van der Waals surface area contributed by atoms with Crippen LogP contribution < -0.4 is 5.32 Å². The Morgan fingerprint density at radius 3 is 2.83 bits per heavy atom. The molecule has 3 rings (SSSR count). The van der Waals surface area contributed by atoms with E-state index in [1.54, 1.807) is 18.2 Å². The summed E-state index contributed by atoms with van der Waals surface area (Å²) in [5.41, 5.74) is 1.73. The van der Waals surface area contributed by atoms with E-state index < -0.39 is 0 Å². The average Bonchev–Trinajstić information content (AvgIpc) is 2.98. The topological polar surface area (TPSA) is 59.3 Å². The third-order valence-corrected chi connectivity index (χ3v) is 3.58. The highest BCUT2D eigenvalue weighted by Gasteiger charge is 2.04. The van der Waals surface area contributed by atoms with Crippen LogP contribution in [0.2, 0.25) is 5.02 Å². The number of rotatable bonds is 5. The first-order valence-electron chi connectivity index (χ1n) is 7.22. The Bertz CT molecular complexity index is 839. The van der Waals surface area contributed by atoms with Crippen molar-refractivity contribution in [2.24, 2.45) is 0 Å². The van der Waals surface area contributed by atoms with Crippen molar-refractivity contribution in [2.45, 2.75) is 6.42 Å². The summed E-state index contributed by atoms with van der Waals surface area (Å²) in [6, 6.07) is 13.0. The molecular formula is C17H15ClN4O. The van der Waals surface area contributed by atoms with Gasteiger partial charge >= 0.3 is 0 Å². The van der Waals surface area contributed by atoms with E-state index in [1.165, 1.54) is 6.08 Å². The number of amides is 1. The molecule has 23 heavy (non-hydrogen) atoms. The lowest BCUT2D eigenvalue weighted by Crippen LogP contribution is -2.24. The fourth-order valence-corrected chi connectivity index (χ4v) is 2.29. The lowest BCUT2D eigenvalue weighted by atomic mass is 10.2. The molecule has 1 aromatic carbocycles. The van der Waals surface area contributed by atoms with Crippen LogP contribution in [0.25, 0.3) is 11.7 Å². The molecule has 0 fully saturated rings. The van der Waals surface area contributed by atoms with Gasteiger partial charge in [0.05, 0.1) is 0 Å². The fraction of sp³-hybridized carbons (Fsp3) is 0.118. The number of nitrogens with zero attached hydrogens (tertiary/aromatic N) is 3. The molecule has 0 spiro atoms. The number of fused-ring (bicyclic) bond motifs is 1. The molecule has 0 radical (unpaired) electrons. The van der Waals surface area contributed by atoms with Crippen molar-refractivity contribution < 1.29 is 4.79 Å². The maximum Gasteiger partial charge on any atom is 0.244 e. The predicted molar refractivity (Wildman–Crippen MR) is 90.2 cm³/mol. The van der Waals surface area contributed by atoms with Gasteiger partial charge in [0.1, 0.15) is 5.82 Å². The Hall–Kier alpha value is -2.66. The van der Waals surface area contributed by atoms with Gasteiger partial charge in [0.25, 0.3) is 0 Å². The molecule has 0 aliphatic carbocycles. The number of hydrogen-bond donors (Lipinski definition) is 1. The van der Waals surface area contributed by atoms with Crippen molar-refractivity contribution in [1.29, 1.82) is 0 Å². The fourth-order valence-electron chi connectivity index (χ4n) is 2.16. The number of carbonyl (C=O) groups is 1. The Morgan fingerprint density at radius 2 is 2.00 bits per heavy atom. The normalized spacial score (nSPS) is 11.2. The van der Waals surface area contributed by atoms with Crippen molar-refractivity contribution in [3.63, 3.8) is 0 Å². The van der Waals surface area contributed by atoms with Crippen LogP contribution in [-0.4, -0.2) is 27.0 Å². The molecule has 0 atom stereocenters. The summed E-state index contributed by atoms with van der Waals surface area (Å²) < 4.78 is 1.91. The van der Waals surface area contributed by atoms with Gasteiger partial charge in [0, 0.05) is 30.3 Å². The highest BCUT2D eigenvalue weighted by atomic mass is 35.5. The predicted octanol–water partition coefficient (Wildman–Crippen LogP) is 2.75. The van der Waals surface area contributed by atoms with Crippen LogP contribution in [-0.2, 0) is 11.2 Å². The number of carbonyl (C=O) groups excluding carboxylic acids is 1. The van der Waals surface area contributed by atoms with Crippen molar-refractivity contribution in [3.8, 4) is 0 Å². The van der Waals surface area contributed by atoms with Gasteiger partial charge in [0.15, 0.2) is 5.65 Å². The average molecular weight is 327 g/mol. The number of nitrogens with one attached hydrogen (secondary N) is 1. The minimum Gasteiger partial charge on any atom is -0.352 e. The smallest absolute Gasteiger partial charge is 0.244 e. The van der Waals surface area contributed by atoms with Crippen molar-refractivity contribution >= 4 is 29.2 Å². The van der Waals surface area contributed by atoms with E-state index in [0.717, 1.165) is 17.0 Å². The zero-order valence-electron chi connectivity index (χ0n) is 12.3. The first-order chi connectivity index (χ1) is 11.2. The van der Waals surface area contributed by atoms with Crippen LogP contribution in [0, 0.1) is 0 Å². The highest BCUT2D eigenvalue weighted by Crippen LogP contribution is 2.10. The highest BCUT2D eigenvalue weighted by molar-refractivity contribution is 6.30. The monoisotopic (exact) mass is 326 g/mol. The maximum atomic E-state index is 11.8. The van der Waals surface area contributed by atoms with E-state index >= 15 is 0 Å². The van der Waals surface area contributed by atoms with E-state index in [0.29, 0.717) is 18.0 Å². The number of pyridine rings is 1. The minimum absolute atomic E-state index is 0.145. The molecule has 1 amide bonds. The van der Waals surface area contributed by atoms with Crippen LogP contribution in [0.1, 0.15) is 11.4 Å². The largest absolute Gasteiger partial charge is 0.352 e. The summed E-state index contributed by atoms with van der Waals surface area (Å²) >= 11 is 5.82. The van der Waals surface area contributed by atoms with Gasteiger partial charge in [-0.3, -0.25) is 9.20 Å². The molecule has 3 aromatic rings. The minimum atomic E-state index is -0.145. The molecule has 0 unspecified atom stereocenters. The van der Waals surface area contributed by atoms with Crippen LogP contribution in [0.15, 0.2) is 54.7 Å². The van der Waals surface area contributed by atoms with E-state index in [-0.39, 0.29) is 5.91 Å². The van der Waals surface area contributed by atoms with Crippen LogP contribution >= 0.6 is 11.6 Å². The summed E-state index contributed by atoms with van der Waals surface area (Å²) in [5.74, 6) is 0.677. The summed E-state index contributed by atoms with van der Waals surface area (Å²) in [7, 11) is 0. The maximum absolute atomic E-state index is 11.8. The Labute approximate surface area is 138 Å². The SMILES string of the molecule is O=C(/C=C/c1ccc(Cl)cc1)NCCc1nnc2ccccn12. The van der Waals surface area contributed by atoms with Gasteiger partial charge in [-0.05, 0) is 35.9 Å². The lowest BCUT2D eigenvalue weighted by Gasteiger charge is -2.01. The second-order valence-corrected chi connectivity index (χ2v) is 5.41. The van der Waals surface area contributed by atoms with Gasteiger partial charge in [-0.15, -0.1) is 10.2 Å². The van der Waals surface area contributed by atoms with Gasteiger partial charge in [0.2, 0.25) is 5.91 Å². The molecule has 0 aliphatic rings. The molecule has 2 heterocycles.